The van der Waals surface area contributed by atoms with E-state index in [4.69, 9.17) is 0 Å². The maximum atomic E-state index is 10.8. The normalized spacial score (nSPS) is 11.2. The molecule has 0 aliphatic rings. The summed E-state index contributed by atoms with van der Waals surface area (Å²) in [6.45, 7) is 1.56. The lowest BCUT2D eigenvalue weighted by atomic mass is 10.2. The van der Waals surface area contributed by atoms with E-state index in [1.165, 1.54) is 10.1 Å². The molecule has 1 heterocycles. The van der Waals surface area contributed by atoms with Crippen LogP contribution >= 0.6 is 11.3 Å². The van der Waals surface area contributed by atoms with Gasteiger partial charge in [-0.05, 0) is 36.6 Å². The third-order valence-corrected chi connectivity index (χ3v) is 3.01. The highest BCUT2D eigenvalue weighted by atomic mass is 32.1. The van der Waals surface area contributed by atoms with Gasteiger partial charge in [0.2, 0.25) is 0 Å². The third kappa shape index (κ3) is 1.91. The van der Waals surface area contributed by atoms with E-state index < -0.39 is 0 Å². The topological polar surface area (TPSA) is 17.1 Å². The number of hydrogen-bond donors (Lipinski definition) is 0. The van der Waals surface area contributed by atoms with Gasteiger partial charge in [0.05, 0.1) is 0 Å². The van der Waals surface area contributed by atoms with Gasteiger partial charge in [-0.15, -0.1) is 11.3 Å². The molecule has 1 nitrogen and oxygen atoms in total. The Morgan fingerprint density at radius 3 is 2.86 bits per heavy atom. The molecule has 1 aromatic carbocycles. The molecule has 0 saturated heterocycles. The van der Waals surface area contributed by atoms with Gasteiger partial charge in [0, 0.05) is 9.58 Å². The van der Waals surface area contributed by atoms with Crippen LogP contribution in [0.1, 0.15) is 11.8 Å². The van der Waals surface area contributed by atoms with E-state index >= 15 is 0 Å². The van der Waals surface area contributed by atoms with Crippen LogP contribution in [0.3, 0.4) is 0 Å². The summed E-state index contributed by atoms with van der Waals surface area (Å²) in [5.74, 6) is 0.0856. The van der Waals surface area contributed by atoms with Crippen molar-refractivity contribution in [3.8, 4) is 0 Å². The Morgan fingerprint density at radius 1 is 1.36 bits per heavy atom. The van der Waals surface area contributed by atoms with E-state index in [1.54, 1.807) is 24.3 Å². The predicted octanol–water partition coefficient (Wildman–Crippen LogP) is 3.50. The van der Waals surface area contributed by atoms with Gasteiger partial charge in [-0.25, -0.2) is 0 Å². The van der Waals surface area contributed by atoms with E-state index in [9.17, 15) is 4.79 Å². The molecule has 0 radical (unpaired) electrons. The van der Waals surface area contributed by atoms with Crippen LogP contribution in [0.25, 0.3) is 16.2 Å². The van der Waals surface area contributed by atoms with E-state index in [2.05, 4.69) is 18.2 Å². The van der Waals surface area contributed by atoms with Crippen molar-refractivity contribution < 1.29 is 4.79 Å². The van der Waals surface area contributed by atoms with Crippen LogP contribution in [0.15, 0.2) is 36.4 Å². The van der Waals surface area contributed by atoms with Crippen LogP contribution in [0, 0.1) is 0 Å². The van der Waals surface area contributed by atoms with Gasteiger partial charge in [0.1, 0.15) is 0 Å². The zero-order valence-electron chi connectivity index (χ0n) is 7.86. The molecule has 0 spiro atoms. The summed E-state index contributed by atoms with van der Waals surface area (Å²) in [4.78, 5) is 11.9. The summed E-state index contributed by atoms with van der Waals surface area (Å²) in [6, 6.07) is 10.3. The minimum Gasteiger partial charge on any atom is -0.295 e. The molecule has 0 amide bonds. The van der Waals surface area contributed by atoms with Crippen molar-refractivity contribution in [2.45, 2.75) is 6.92 Å². The Bertz CT molecular complexity index is 461. The van der Waals surface area contributed by atoms with E-state index in [-0.39, 0.29) is 5.78 Å². The smallest absolute Gasteiger partial charge is 0.152 e. The van der Waals surface area contributed by atoms with Crippen molar-refractivity contribution in [1.82, 2.24) is 0 Å². The summed E-state index contributed by atoms with van der Waals surface area (Å²) in [5, 5.41) is 1.24. The number of carbonyl (C=O) groups is 1. The number of hydrogen-bond acceptors (Lipinski definition) is 2. The molecule has 2 rings (SSSR count). The summed E-state index contributed by atoms with van der Waals surface area (Å²) >= 11 is 1.70. The van der Waals surface area contributed by atoms with Gasteiger partial charge in [-0.3, -0.25) is 4.79 Å². The number of ketones is 1. The second-order valence-corrected chi connectivity index (χ2v) is 4.25. The number of thiophene rings is 1. The lowest BCUT2D eigenvalue weighted by Crippen LogP contribution is -1.77. The van der Waals surface area contributed by atoms with Gasteiger partial charge in [-0.1, -0.05) is 18.2 Å². The monoisotopic (exact) mass is 202 g/mol. The molecular formula is C12H10OS. The highest BCUT2D eigenvalue weighted by molar-refractivity contribution is 7.19. The summed E-state index contributed by atoms with van der Waals surface area (Å²) in [5.41, 5.74) is 0. The Hall–Kier alpha value is -1.41. The first-order valence-corrected chi connectivity index (χ1v) is 5.24. The van der Waals surface area contributed by atoms with Crippen molar-refractivity contribution >= 4 is 33.3 Å². The molecule has 14 heavy (non-hydrogen) atoms. The number of rotatable bonds is 2. The molecule has 0 aliphatic carbocycles. The second kappa shape index (κ2) is 3.76. The Kier molecular flexibility index (Phi) is 2.46. The molecule has 0 unspecified atom stereocenters. The van der Waals surface area contributed by atoms with Gasteiger partial charge < -0.3 is 0 Å². The Morgan fingerprint density at radius 2 is 2.14 bits per heavy atom. The largest absolute Gasteiger partial charge is 0.295 e. The summed E-state index contributed by atoms with van der Waals surface area (Å²) in [6.07, 6.45) is 3.47. The zero-order valence-corrected chi connectivity index (χ0v) is 8.67. The summed E-state index contributed by atoms with van der Waals surface area (Å²) in [7, 11) is 0. The van der Waals surface area contributed by atoms with Gasteiger partial charge in [0.15, 0.2) is 5.78 Å². The lowest BCUT2D eigenvalue weighted by molar-refractivity contribution is -0.112. The van der Waals surface area contributed by atoms with E-state index in [0.29, 0.717) is 0 Å². The molecule has 0 saturated carbocycles. The average Bonchev–Trinajstić information content (AvgIpc) is 2.57. The van der Waals surface area contributed by atoms with Crippen molar-refractivity contribution in [3.63, 3.8) is 0 Å². The molecular weight excluding hydrogens is 192 g/mol. The standard InChI is InChI=1S/C12H10OS/c1-9(13)6-7-11-8-10-4-2-3-5-12(10)14-11/h2-8H,1H3/b7-6+. The highest BCUT2D eigenvalue weighted by Gasteiger charge is 1.97. The number of benzene rings is 1. The average molecular weight is 202 g/mol. The molecule has 1 aromatic heterocycles. The fourth-order valence-electron chi connectivity index (χ4n) is 1.28. The molecule has 0 aliphatic heterocycles. The van der Waals surface area contributed by atoms with Crippen LogP contribution in [0.5, 0.6) is 0 Å². The summed E-state index contributed by atoms with van der Waals surface area (Å²) < 4.78 is 1.26. The molecule has 0 N–H and O–H groups in total. The van der Waals surface area contributed by atoms with Gasteiger partial charge >= 0.3 is 0 Å². The minimum atomic E-state index is 0.0856. The molecule has 2 aromatic rings. The number of fused-ring (bicyclic) bond motifs is 1. The molecule has 0 bridgehead atoms. The molecule has 0 atom stereocenters. The minimum absolute atomic E-state index is 0.0856. The van der Waals surface area contributed by atoms with Gasteiger partial charge in [0.25, 0.3) is 0 Å². The van der Waals surface area contributed by atoms with E-state index in [0.717, 1.165) is 4.88 Å². The first-order chi connectivity index (χ1) is 6.75. The van der Waals surface area contributed by atoms with Crippen LogP contribution in [0.4, 0.5) is 0 Å². The maximum absolute atomic E-state index is 10.8. The van der Waals surface area contributed by atoms with Crippen molar-refractivity contribution in [1.29, 1.82) is 0 Å². The lowest BCUT2D eigenvalue weighted by Gasteiger charge is -1.82. The fraction of sp³-hybridized carbons (Fsp3) is 0.0833. The van der Waals surface area contributed by atoms with Crippen LogP contribution in [-0.2, 0) is 4.79 Å². The first kappa shape index (κ1) is 9.16. The molecule has 70 valence electrons. The number of allylic oxidation sites excluding steroid dienone is 1. The van der Waals surface area contributed by atoms with Crippen LogP contribution < -0.4 is 0 Å². The van der Waals surface area contributed by atoms with Gasteiger partial charge in [-0.2, -0.15) is 0 Å². The Balaban J connectivity index is 2.40. The van der Waals surface area contributed by atoms with Crippen LogP contribution in [-0.4, -0.2) is 5.78 Å². The quantitative estimate of drug-likeness (QED) is 0.681. The third-order valence-electron chi connectivity index (χ3n) is 1.93. The second-order valence-electron chi connectivity index (χ2n) is 3.13. The van der Waals surface area contributed by atoms with Crippen molar-refractivity contribution in [3.05, 3.63) is 41.3 Å². The van der Waals surface area contributed by atoms with E-state index in [1.807, 2.05) is 18.2 Å². The van der Waals surface area contributed by atoms with Crippen molar-refractivity contribution in [2.75, 3.05) is 0 Å². The number of carbonyl (C=O) groups excluding carboxylic acids is 1. The Labute approximate surface area is 86.7 Å². The maximum Gasteiger partial charge on any atom is 0.152 e. The van der Waals surface area contributed by atoms with Crippen molar-refractivity contribution in [2.24, 2.45) is 0 Å². The highest BCUT2D eigenvalue weighted by Crippen LogP contribution is 2.25. The molecule has 2 heteroatoms. The molecule has 0 fully saturated rings. The fourth-order valence-corrected chi connectivity index (χ4v) is 2.25. The SMILES string of the molecule is CC(=O)/C=C/c1cc2ccccc2s1. The first-order valence-electron chi connectivity index (χ1n) is 4.43. The zero-order chi connectivity index (χ0) is 9.97. The predicted molar refractivity (Wildman–Crippen MR) is 61.5 cm³/mol. The van der Waals surface area contributed by atoms with Crippen LogP contribution in [0.2, 0.25) is 0 Å².